The van der Waals surface area contributed by atoms with Crippen molar-refractivity contribution >= 4 is 33.7 Å². The van der Waals surface area contributed by atoms with Gasteiger partial charge in [-0.05, 0) is 58.7 Å². The first-order valence-corrected chi connectivity index (χ1v) is 5.77. The maximum Gasteiger partial charge on any atom is 0.0211 e. The van der Waals surface area contributed by atoms with E-state index in [-0.39, 0.29) is 0 Å². The molecule has 1 heteroatoms. The van der Waals surface area contributed by atoms with E-state index in [4.69, 9.17) is 0 Å². The summed E-state index contributed by atoms with van der Waals surface area (Å²) in [5.74, 6) is 0. The van der Waals surface area contributed by atoms with Crippen molar-refractivity contribution in [2.24, 2.45) is 0 Å². The lowest BCUT2D eigenvalue weighted by Gasteiger charge is -2.08. The smallest absolute Gasteiger partial charge is 0.0211 e. The highest BCUT2D eigenvalue weighted by molar-refractivity contribution is 14.1. The van der Waals surface area contributed by atoms with Crippen LogP contribution in [0.1, 0.15) is 31.4 Å². The lowest BCUT2D eigenvalue weighted by molar-refractivity contribution is 1.24. The van der Waals surface area contributed by atoms with Crippen molar-refractivity contribution in [3.63, 3.8) is 0 Å². The Morgan fingerprint density at radius 2 is 2.00 bits per heavy atom. The molecule has 0 fully saturated rings. The Labute approximate surface area is 99.9 Å². The second-order valence-electron chi connectivity index (χ2n) is 3.43. The first-order chi connectivity index (χ1) is 6.56. The summed E-state index contributed by atoms with van der Waals surface area (Å²) in [6, 6.07) is 6.43. The van der Waals surface area contributed by atoms with Crippen molar-refractivity contribution in [1.82, 2.24) is 0 Å². The van der Waals surface area contributed by atoms with Crippen molar-refractivity contribution in [2.45, 2.75) is 20.3 Å². The molecule has 0 aromatic heterocycles. The summed E-state index contributed by atoms with van der Waals surface area (Å²) >= 11 is 2.35. The molecule has 0 amide bonds. The van der Waals surface area contributed by atoms with E-state index in [0.29, 0.717) is 0 Å². The van der Waals surface area contributed by atoms with Gasteiger partial charge in [0.05, 0.1) is 0 Å². The van der Waals surface area contributed by atoms with Crippen LogP contribution in [0.3, 0.4) is 0 Å². The minimum absolute atomic E-state index is 1.00. The normalized spacial score (nSPS) is 9.93. The van der Waals surface area contributed by atoms with Gasteiger partial charge in [-0.3, -0.25) is 0 Å². The van der Waals surface area contributed by atoms with Crippen molar-refractivity contribution in [3.8, 4) is 0 Å². The van der Waals surface area contributed by atoms with E-state index in [1.54, 1.807) is 0 Å². The molecule has 74 valence electrons. The molecule has 0 nitrogen and oxygen atoms in total. The molecule has 0 aliphatic rings. The second kappa shape index (κ2) is 4.78. The highest BCUT2D eigenvalue weighted by atomic mass is 127. The molecule has 0 spiro atoms. The fraction of sp³-hybridized carbons (Fsp3) is 0.231. The minimum Gasteiger partial charge on any atom is -0.0955 e. The maximum atomic E-state index is 4.03. The Bertz CT molecular complexity index is 375. The molecule has 0 aliphatic heterocycles. The van der Waals surface area contributed by atoms with Crippen LogP contribution < -0.4 is 0 Å². The van der Waals surface area contributed by atoms with Crippen LogP contribution in [0.4, 0.5) is 0 Å². The van der Waals surface area contributed by atoms with Crippen LogP contribution in [0.25, 0.3) is 11.1 Å². The first kappa shape index (κ1) is 11.5. The summed E-state index contributed by atoms with van der Waals surface area (Å²) in [5.41, 5.74) is 4.78. The minimum atomic E-state index is 1.00. The van der Waals surface area contributed by atoms with Gasteiger partial charge in [-0.15, -0.1) is 0 Å². The van der Waals surface area contributed by atoms with Gasteiger partial charge in [0, 0.05) is 3.57 Å². The Balaban J connectivity index is 3.12. The predicted octanol–water partition coefficient (Wildman–Crippen LogP) is 4.75. The summed E-state index contributed by atoms with van der Waals surface area (Å²) in [6.45, 7) is 12.1. The zero-order valence-corrected chi connectivity index (χ0v) is 10.9. The number of hydrogen-bond acceptors (Lipinski definition) is 0. The molecule has 14 heavy (non-hydrogen) atoms. The Morgan fingerprint density at radius 3 is 2.43 bits per heavy atom. The molecule has 0 radical (unpaired) electrons. The predicted molar refractivity (Wildman–Crippen MR) is 73.2 cm³/mol. The van der Waals surface area contributed by atoms with E-state index in [1.165, 1.54) is 20.3 Å². The monoisotopic (exact) mass is 298 g/mol. The first-order valence-electron chi connectivity index (χ1n) is 4.69. The van der Waals surface area contributed by atoms with E-state index in [1.807, 2.05) is 6.92 Å². The van der Waals surface area contributed by atoms with Gasteiger partial charge in [0.1, 0.15) is 0 Å². The van der Waals surface area contributed by atoms with Gasteiger partial charge in [-0.1, -0.05) is 37.8 Å². The van der Waals surface area contributed by atoms with Gasteiger partial charge in [0.2, 0.25) is 0 Å². The highest BCUT2D eigenvalue weighted by Gasteiger charge is 2.03. The third kappa shape index (κ3) is 2.47. The SMILES string of the molecule is C=C(CC)c1ccc(C(=C)C)c(I)c1. The molecule has 0 heterocycles. The molecular formula is C13H15I. The van der Waals surface area contributed by atoms with Crippen LogP contribution in [-0.2, 0) is 0 Å². The topological polar surface area (TPSA) is 0 Å². The molecule has 0 aliphatic carbocycles. The third-order valence-corrected chi connectivity index (χ3v) is 3.16. The Kier molecular flexibility index (Phi) is 3.93. The van der Waals surface area contributed by atoms with Gasteiger partial charge >= 0.3 is 0 Å². The van der Waals surface area contributed by atoms with Crippen molar-refractivity contribution < 1.29 is 0 Å². The molecule has 0 saturated carbocycles. The standard InChI is InChI=1S/C13H15I/c1-5-10(4)11-6-7-12(9(2)3)13(14)8-11/h6-8H,2,4-5H2,1,3H3. The average molecular weight is 298 g/mol. The largest absolute Gasteiger partial charge is 0.0955 e. The quantitative estimate of drug-likeness (QED) is 0.707. The molecule has 0 bridgehead atoms. The van der Waals surface area contributed by atoms with E-state index < -0.39 is 0 Å². The van der Waals surface area contributed by atoms with Crippen LogP contribution in [0.15, 0.2) is 31.4 Å². The third-order valence-electron chi connectivity index (χ3n) is 2.26. The second-order valence-corrected chi connectivity index (χ2v) is 4.59. The molecule has 0 atom stereocenters. The number of allylic oxidation sites excluding steroid dienone is 2. The van der Waals surface area contributed by atoms with Crippen LogP contribution >= 0.6 is 22.6 Å². The van der Waals surface area contributed by atoms with Gasteiger partial charge in [-0.2, -0.15) is 0 Å². The fourth-order valence-electron chi connectivity index (χ4n) is 1.29. The summed E-state index contributed by atoms with van der Waals surface area (Å²) < 4.78 is 1.25. The maximum absolute atomic E-state index is 4.03. The lowest BCUT2D eigenvalue weighted by atomic mass is 10.0. The zero-order valence-electron chi connectivity index (χ0n) is 8.73. The zero-order chi connectivity index (χ0) is 10.7. The number of benzene rings is 1. The molecule has 0 saturated heterocycles. The van der Waals surface area contributed by atoms with Crippen LogP contribution in [0.2, 0.25) is 0 Å². The number of halogens is 1. The van der Waals surface area contributed by atoms with Gasteiger partial charge in [0.25, 0.3) is 0 Å². The number of hydrogen-bond donors (Lipinski definition) is 0. The lowest BCUT2D eigenvalue weighted by Crippen LogP contribution is -1.88. The molecule has 0 unspecified atom stereocenters. The van der Waals surface area contributed by atoms with Crippen LogP contribution in [-0.4, -0.2) is 0 Å². The van der Waals surface area contributed by atoms with E-state index in [0.717, 1.165) is 12.0 Å². The van der Waals surface area contributed by atoms with Gasteiger partial charge < -0.3 is 0 Å². The summed E-state index contributed by atoms with van der Waals surface area (Å²) in [6.07, 6.45) is 1.00. The molecule has 1 rings (SSSR count). The van der Waals surface area contributed by atoms with Gasteiger partial charge in [-0.25, -0.2) is 0 Å². The van der Waals surface area contributed by atoms with Crippen LogP contribution in [0, 0.1) is 3.57 Å². The Morgan fingerprint density at radius 1 is 1.36 bits per heavy atom. The van der Waals surface area contributed by atoms with E-state index in [9.17, 15) is 0 Å². The van der Waals surface area contributed by atoms with Crippen molar-refractivity contribution in [3.05, 3.63) is 46.1 Å². The fourth-order valence-corrected chi connectivity index (χ4v) is 2.26. The van der Waals surface area contributed by atoms with E-state index in [2.05, 4.69) is 60.9 Å². The van der Waals surface area contributed by atoms with Crippen LogP contribution in [0.5, 0.6) is 0 Å². The molecule has 1 aromatic rings. The average Bonchev–Trinajstić information content (AvgIpc) is 2.15. The van der Waals surface area contributed by atoms with Gasteiger partial charge in [0.15, 0.2) is 0 Å². The number of rotatable bonds is 3. The van der Waals surface area contributed by atoms with Crippen molar-refractivity contribution in [1.29, 1.82) is 0 Å². The Hall–Kier alpha value is -0.570. The molecule has 1 aromatic carbocycles. The summed E-state index contributed by atoms with van der Waals surface area (Å²) in [5, 5.41) is 0. The summed E-state index contributed by atoms with van der Waals surface area (Å²) in [7, 11) is 0. The van der Waals surface area contributed by atoms with Crippen molar-refractivity contribution in [2.75, 3.05) is 0 Å². The highest BCUT2D eigenvalue weighted by Crippen LogP contribution is 2.24. The summed E-state index contributed by atoms with van der Waals surface area (Å²) in [4.78, 5) is 0. The van der Waals surface area contributed by atoms with E-state index >= 15 is 0 Å². The molecule has 0 N–H and O–H groups in total. The molecular weight excluding hydrogens is 283 g/mol.